The topological polar surface area (TPSA) is 55.1 Å². The smallest absolute Gasteiger partial charge is 0.201 e. The van der Waals surface area contributed by atoms with Crippen molar-refractivity contribution in [1.82, 2.24) is 4.98 Å². The van der Waals surface area contributed by atoms with Crippen LogP contribution < -0.4 is 0 Å². The standard InChI is InChI=1S/C8H10N2O2S/c1-11-8(12-2)6-5-13-7(10-6)3-4-9/h5,8H,3H2,1-2H3. The molecule has 0 saturated heterocycles. The van der Waals surface area contributed by atoms with Crippen molar-refractivity contribution >= 4 is 11.3 Å². The number of rotatable bonds is 4. The van der Waals surface area contributed by atoms with E-state index >= 15 is 0 Å². The first-order valence-corrected chi connectivity index (χ1v) is 4.56. The van der Waals surface area contributed by atoms with E-state index in [1.807, 2.05) is 11.4 Å². The molecule has 0 aromatic carbocycles. The van der Waals surface area contributed by atoms with Crippen molar-refractivity contribution in [2.45, 2.75) is 12.7 Å². The minimum Gasteiger partial charge on any atom is -0.350 e. The molecule has 0 N–H and O–H groups in total. The van der Waals surface area contributed by atoms with Crippen LogP contribution in [0.25, 0.3) is 0 Å². The second-order valence-corrected chi connectivity index (χ2v) is 3.25. The van der Waals surface area contributed by atoms with Crippen LogP contribution in [0, 0.1) is 11.3 Å². The van der Waals surface area contributed by atoms with E-state index in [1.165, 1.54) is 11.3 Å². The molecule has 0 aliphatic heterocycles. The summed E-state index contributed by atoms with van der Waals surface area (Å²) in [6.07, 6.45) is -0.0890. The van der Waals surface area contributed by atoms with Gasteiger partial charge in [0.25, 0.3) is 0 Å². The van der Waals surface area contributed by atoms with Crippen molar-refractivity contribution in [3.8, 4) is 6.07 Å². The molecule has 0 aliphatic carbocycles. The van der Waals surface area contributed by atoms with E-state index in [-0.39, 0.29) is 0 Å². The maximum absolute atomic E-state index is 8.44. The van der Waals surface area contributed by atoms with E-state index in [0.717, 1.165) is 10.7 Å². The Hall–Kier alpha value is -0.960. The highest BCUT2D eigenvalue weighted by Gasteiger charge is 2.12. The van der Waals surface area contributed by atoms with Gasteiger partial charge in [0.15, 0.2) is 0 Å². The van der Waals surface area contributed by atoms with Crippen molar-refractivity contribution in [2.75, 3.05) is 14.2 Å². The quantitative estimate of drug-likeness (QED) is 0.688. The Morgan fingerprint density at radius 3 is 2.85 bits per heavy atom. The molecule has 0 aliphatic rings. The summed E-state index contributed by atoms with van der Waals surface area (Å²) >= 11 is 1.44. The van der Waals surface area contributed by atoms with Gasteiger partial charge in [-0.1, -0.05) is 0 Å². The fourth-order valence-electron chi connectivity index (χ4n) is 0.920. The Bertz CT molecular complexity index is 301. The van der Waals surface area contributed by atoms with Crippen LogP contribution >= 0.6 is 11.3 Å². The molecular formula is C8H10N2O2S. The number of nitriles is 1. The zero-order valence-corrected chi connectivity index (χ0v) is 8.30. The highest BCUT2D eigenvalue weighted by atomic mass is 32.1. The lowest BCUT2D eigenvalue weighted by Gasteiger charge is -2.09. The average molecular weight is 198 g/mol. The predicted molar refractivity (Wildman–Crippen MR) is 48.2 cm³/mol. The van der Waals surface area contributed by atoms with Gasteiger partial charge in [0, 0.05) is 19.6 Å². The monoisotopic (exact) mass is 198 g/mol. The summed E-state index contributed by atoms with van der Waals surface area (Å²) in [5.74, 6) is 0. The normalized spacial score (nSPS) is 10.3. The number of hydrogen-bond donors (Lipinski definition) is 0. The van der Waals surface area contributed by atoms with Crippen LogP contribution in [0.3, 0.4) is 0 Å². The summed E-state index contributed by atoms with van der Waals surface area (Å²) in [4.78, 5) is 4.19. The molecule has 70 valence electrons. The third-order valence-electron chi connectivity index (χ3n) is 1.47. The Balaban J connectivity index is 2.73. The molecule has 0 fully saturated rings. The highest BCUT2D eigenvalue weighted by Crippen LogP contribution is 2.19. The molecule has 1 aromatic heterocycles. The first-order chi connectivity index (χ1) is 6.31. The van der Waals surface area contributed by atoms with Crippen molar-refractivity contribution in [2.24, 2.45) is 0 Å². The fraction of sp³-hybridized carbons (Fsp3) is 0.500. The maximum atomic E-state index is 8.44. The molecule has 4 nitrogen and oxygen atoms in total. The minimum absolute atomic E-state index is 0.338. The summed E-state index contributed by atoms with van der Waals surface area (Å²) in [6.45, 7) is 0. The van der Waals surface area contributed by atoms with Crippen molar-refractivity contribution in [1.29, 1.82) is 5.26 Å². The Morgan fingerprint density at radius 2 is 2.31 bits per heavy atom. The summed E-state index contributed by atoms with van der Waals surface area (Å²) < 4.78 is 10.0. The van der Waals surface area contributed by atoms with E-state index < -0.39 is 6.29 Å². The van der Waals surface area contributed by atoms with Crippen molar-refractivity contribution < 1.29 is 9.47 Å². The molecule has 0 radical (unpaired) electrons. The third-order valence-corrected chi connectivity index (χ3v) is 2.34. The molecule has 1 rings (SSSR count). The van der Waals surface area contributed by atoms with Gasteiger partial charge < -0.3 is 9.47 Å². The zero-order chi connectivity index (χ0) is 9.68. The van der Waals surface area contributed by atoms with E-state index in [0.29, 0.717) is 6.42 Å². The average Bonchev–Trinajstić information content (AvgIpc) is 2.56. The summed E-state index contributed by atoms with van der Waals surface area (Å²) in [7, 11) is 3.11. The number of ether oxygens (including phenoxy) is 2. The Kier molecular flexibility index (Phi) is 3.83. The van der Waals surface area contributed by atoms with Crippen LogP contribution in [0.2, 0.25) is 0 Å². The van der Waals surface area contributed by atoms with Gasteiger partial charge in [0.2, 0.25) is 6.29 Å². The van der Waals surface area contributed by atoms with Crippen molar-refractivity contribution in [3.05, 3.63) is 16.1 Å². The Labute approximate surface area is 80.7 Å². The first-order valence-electron chi connectivity index (χ1n) is 3.68. The number of thiazole rings is 1. The first kappa shape index (κ1) is 10.1. The Morgan fingerprint density at radius 1 is 1.62 bits per heavy atom. The van der Waals surface area contributed by atoms with Crippen LogP contribution in [-0.4, -0.2) is 19.2 Å². The number of nitrogens with zero attached hydrogens (tertiary/aromatic N) is 2. The lowest BCUT2D eigenvalue weighted by Crippen LogP contribution is -2.03. The summed E-state index contributed by atoms with van der Waals surface area (Å²) in [6, 6.07) is 2.04. The van der Waals surface area contributed by atoms with Gasteiger partial charge in [-0.2, -0.15) is 5.26 Å². The van der Waals surface area contributed by atoms with E-state index in [1.54, 1.807) is 14.2 Å². The number of aromatic nitrogens is 1. The highest BCUT2D eigenvalue weighted by molar-refractivity contribution is 7.09. The third kappa shape index (κ3) is 2.49. The molecular weight excluding hydrogens is 188 g/mol. The molecule has 0 spiro atoms. The second-order valence-electron chi connectivity index (χ2n) is 2.30. The van der Waals surface area contributed by atoms with Gasteiger partial charge in [-0.05, 0) is 0 Å². The van der Waals surface area contributed by atoms with E-state index in [4.69, 9.17) is 14.7 Å². The SMILES string of the molecule is COC(OC)c1csc(CC#N)n1. The van der Waals surface area contributed by atoms with Gasteiger partial charge in [0.1, 0.15) is 10.7 Å². The number of methoxy groups -OCH3 is 2. The molecule has 0 unspecified atom stereocenters. The second kappa shape index (κ2) is 4.92. The summed E-state index contributed by atoms with van der Waals surface area (Å²) in [5, 5.41) is 11.1. The zero-order valence-electron chi connectivity index (χ0n) is 7.48. The largest absolute Gasteiger partial charge is 0.350 e. The van der Waals surface area contributed by atoms with Crippen molar-refractivity contribution in [3.63, 3.8) is 0 Å². The van der Waals surface area contributed by atoms with Crippen LogP contribution in [0.5, 0.6) is 0 Å². The summed E-state index contributed by atoms with van der Waals surface area (Å²) in [5.41, 5.74) is 0.722. The molecule has 1 heterocycles. The van der Waals surface area contributed by atoms with Crippen LogP contribution in [0.1, 0.15) is 17.0 Å². The molecule has 1 aromatic rings. The van der Waals surface area contributed by atoms with E-state index in [9.17, 15) is 0 Å². The van der Waals surface area contributed by atoms with Crippen LogP contribution in [0.4, 0.5) is 0 Å². The minimum atomic E-state index is -0.427. The molecule has 0 atom stereocenters. The van der Waals surface area contributed by atoms with Crippen LogP contribution in [0.15, 0.2) is 5.38 Å². The molecule has 0 bridgehead atoms. The lowest BCUT2D eigenvalue weighted by molar-refractivity contribution is -0.108. The molecule has 0 saturated carbocycles. The maximum Gasteiger partial charge on any atom is 0.201 e. The lowest BCUT2D eigenvalue weighted by atomic mass is 10.4. The molecule has 13 heavy (non-hydrogen) atoms. The van der Waals surface area contributed by atoms with Gasteiger partial charge in [-0.15, -0.1) is 11.3 Å². The molecule has 5 heteroatoms. The van der Waals surface area contributed by atoms with Gasteiger partial charge >= 0.3 is 0 Å². The number of hydrogen-bond acceptors (Lipinski definition) is 5. The van der Waals surface area contributed by atoms with E-state index in [2.05, 4.69) is 4.98 Å². The fourth-order valence-corrected chi connectivity index (χ4v) is 1.65. The van der Waals surface area contributed by atoms with Gasteiger partial charge in [-0.25, -0.2) is 4.98 Å². The van der Waals surface area contributed by atoms with Gasteiger partial charge in [-0.3, -0.25) is 0 Å². The van der Waals surface area contributed by atoms with Gasteiger partial charge in [0.05, 0.1) is 12.5 Å². The molecule has 0 amide bonds. The predicted octanol–water partition coefficient (Wildman–Crippen LogP) is 1.50. The van der Waals surface area contributed by atoms with Crippen LogP contribution in [-0.2, 0) is 15.9 Å².